The fraction of sp³-hybridized carbons (Fsp3) is 1.00. The first-order valence-corrected chi connectivity index (χ1v) is 6.30. The van der Waals surface area contributed by atoms with Crippen LogP contribution in [0.4, 0.5) is 0 Å². The fourth-order valence-electron chi connectivity index (χ4n) is 2.62. The fourth-order valence-corrected chi connectivity index (χ4v) is 2.62. The average Bonchev–Trinajstić information content (AvgIpc) is 2.40. The molecular weight excluding hydrogens is 172 g/mol. The lowest BCUT2D eigenvalue weighted by Gasteiger charge is -2.39. The van der Waals surface area contributed by atoms with Crippen LogP contribution in [0, 0.1) is 0 Å². The molecular formula is C12H24N2. The Morgan fingerprint density at radius 3 is 2.07 bits per heavy atom. The van der Waals surface area contributed by atoms with E-state index in [9.17, 15) is 0 Å². The van der Waals surface area contributed by atoms with E-state index in [-0.39, 0.29) is 5.54 Å². The average molecular weight is 196 g/mol. The molecule has 14 heavy (non-hydrogen) atoms. The Bertz CT molecular complexity index is 167. The van der Waals surface area contributed by atoms with Crippen molar-refractivity contribution in [3.05, 3.63) is 0 Å². The molecule has 1 saturated heterocycles. The molecule has 1 aliphatic heterocycles. The molecule has 1 aliphatic carbocycles. The maximum Gasteiger partial charge on any atom is 0.0166 e. The number of nitrogens with zero attached hydrogens (tertiary/aromatic N) is 1. The predicted molar refractivity (Wildman–Crippen MR) is 60.3 cm³/mol. The molecule has 1 heterocycles. The zero-order chi connectivity index (χ0) is 9.86. The Balaban J connectivity index is 1.68. The van der Waals surface area contributed by atoms with Gasteiger partial charge in [-0.1, -0.05) is 12.8 Å². The molecule has 0 aromatic heterocycles. The summed E-state index contributed by atoms with van der Waals surface area (Å²) in [4.78, 5) is 2.62. The van der Waals surface area contributed by atoms with E-state index < -0.39 is 0 Å². The lowest BCUT2D eigenvalue weighted by molar-refractivity contribution is 0.184. The van der Waals surface area contributed by atoms with Gasteiger partial charge in [0.1, 0.15) is 0 Å². The number of nitrogens with two attached hydrogens (primary N) is 1. The highest BCUT2D eigenvalue weighted by molar-refractivity contribution is 4.93. The molecule has 0 spiro atoms. The summed E-state index contributed by atoms with van der Waals surface area (Å²) in [5.41, 5.74) is 6.46. The molecule has 0 aromatic carbocycles. The van der Waals surface area contributed by atoms with Gasteiger partial charge in [0.25, 0.3) is 0 Å². The minimum absolute atomic E-state index is 0.228. The van der Waals surface area contributed by atoms with Gasteiger partial charge in [-0.05, 0) is 58.2 Å². The summed E-state index contributed by atoms with van der Waals surface area (Å²) in [6, 6.07) is 0. The number of hydrogen-bond donors (Lipinski definition) is 1. The van der Waals surface area contributed by atoms with Crippen molar-refractivity contribution in [3.8, 4) is 0 Å². The van der Waals surface area contributed by atoms with Gasteiger partial charge in [0, 0.05) is 5.54 Å². The Labute approximate surface area is 87.8 Å². The van der Waals surface area contributed by atoms with Crippen molar-refractivity contribution in [2.75, 3.05) is 19.6 Å². The van der Waals surface area contributed by atoms with E-state index in [1.54, 1.807) is 0 Å². The molecule has 2 rings (SSSR count). The van der Waals surface area contributed by atoms with Crippen LogP contribution in [0.25, 0.3) is 0 Å². The van der Waals surface area contributed by atoms with Crippen molar-refractivity contribution >= 4 is 0 Å². The van der Waals surface area contributed by atoms with E-state index in [1.165, 1.54) is 71.0 Å². The van der Waals surface area contributed by atoms with Gasteiger partial charge < -0.3 is 10.6 Å². The molecule has 0 unspecified atom stereocenters. The highest BCUT2D eigenvalue weighted by Gasteiger charge is 2.32. The molecule has 1 saturated carbocycles. The SMILES string of the molecule is NC1(CCN2CCCCCC2)CCC1. The van der Waals surface area contributed by atoms with E-state index in [4.69, 9.17) is 5.73 Å². The second-order valence-corrected chi connectivity index (χ2v) is 5.22. The Morgan fingerprint density at radius 1 is 0.929 bits per heavy atom. The molecule has 0 aromatic rings. The summed E-state index contributed by atoms with van der Waals surface area (Å²) in [5.74, 6) is 0. The van der Waals surface area contributed by atoms with Gasteiger partial charge in [0.15, 0.2) is 0 Å². The third kappa shape index (κ3) is 2.71. The lowest BCUT2D eigenvalue weighted by atomic mass is 9.75. The number of rotatable bonds is 3. The van der Waals surface area contributed by atoms with Gasteiger partial charge in [-0.25, -0.2) is 0 Å². The normalized spacial score (nSPS) is 28.1. The van der Waals surface area contributed by atoms with Crippen molar-refractivity contribution in [2.45, 2.75) is 56.9 Å². The van der Waals surface area contributed by atoms with Crippen LogP contribution in [0.3, 0.4) is 0 Å². The standard InChI is InChI=1S/C12H24N2/c13-12(6-5-7-12)8-11-14-9-3-1-2-4-10-14/h1-11,13H2. The van der Waals surface area contributed by atoms with Crippen LogP contribution in [0.5, 0.6) is 0 Å². The van der Waals surface area contributed by atoms with E-state index in [0.717, 1.165) is 0 Å². The molecule has 2 N–H and O–H groups in total. The van der Waals surface area contributed by atoms with E-state index in [2.05, 4.69) is 4.90 Å². The van der Waals surface area contributed by atoms with Crippen LogP contribution in [-0.2, 0) is 0 Å². The second kappa shape index (κ2) is 4.63. The molecule has 0 radical (unpaired) electrons. The van der Waals surface area contributed by atoms with Crippen LogP contribution in [0.2, 0.25) is 0 Å². The lowest BCUT2D eigenvalue weighted by Crippen LogP contribution is -2.48. The minimum Gasteiger partial charge on any atom is -0.325 e. The summed E-state index contributed by atoms with van der Waals surface area (Å²) in [5, 5.41) is 0. The van der Waals surface area contributed by atoms with E-state index >= 15 is 0 Å². The summed E-state index contributed by atoms with van der Waals surface area (Å²) < 4.78 is 0. The molecule has 82 valence electrons. The second-order valence-electron chi connectivity index (χ2n) is 5.22. The Morgan fingerprint density at radius 2 is 1.57 bits per heavy atom. The quantitative estimate of drug-likeness (QED) is 0.749. The first-order chi connectivity index (χ1) is 6.79. The zero-order valence-electron chi connectivity index (χ0n) is 9.30. The number of hydrogen-bond acceptors (Lipinski definition) is 2. The van der Waals surface area contributed by atoms with Gasteiger partial charge in [-0.15, -0.1) is 0 Å². The Kier molecular flexibility index (Phi) is 3.45. The molecule has 0 bridgehead atoms. The van der Waals surface area contributed by atoms with Crippen LogP contribution in [-0.4, -0.2) is 30.1 Å². The summed E-state index contributed by atoms with van der Waals surface area (Å²) in [6.07, 6.45) is 10.8. The summed E-state index contributed by atoms with van der Waals surface area (Å²) in [6.45, 7) is 3.88. The van der Waals surface area contributed by atoms with Gasteiger partial charge in [0.2, 0.25) is 0 Å². The minimum atomic E-state index is 0.228. The molecule has 2 fully saturated rings. The Hall–Kier alpha value is -0.0800. The monoisotopic (exact) mass is 196 g/mol. The zero-order valence-corrected chi connectivity index (χ0v) is 9.30. The molecule has 2 heteroatoms. The predicted octanol–water partition coefficient (Wildman–Crippen LogP) is 2.13. The van der Waals surface area contributed by atoms with Crippen LogP contribution in [0.15, 0.2) is 0 Å². The van der Waals surface area contributed by atoms with Crippen LogP contribution < -0.4 is 5.73 Å². The molecule has 2 nitrogen and oxygen atoms in total. The topological polar surface area (TPSA) is 29.3 Å². The summed E-state index contributed by atoms with van der Waals surface area (Å²) >= 11 is 0. The van der Waals surface area contributed by atoms with E-state index in [1.807, 2.05) is 0 Å². The van der Waals surface area contributed by atoms with Gasteiger partial charge >= 0.3 is 0 Å². The molecule has 0 atom stereocenters. The maximum atomic E-state index is 6.23. The summed E-state index contributed by atoms with van der Waals surface area (Å²) in [7, 11) is 0. The third-order valence-electron chi connectivity index (χ3n) is 3.97. The van der Waals surface area contributed by atoms with Crippen LogP contribution >= 0.6 is 0 Å². The first-order valence-electron chi connectivity index (χ1n) is 6.30. The van der Waals surface area contributed by atoms with Gasteiger partial charge in [-0.3, -0.25) is 0 Å². The van der Waals surface area contributed by atoms with Crippen molar-refractivity contribution < 1.29 is 0 Å². The maximum absolute atomic E-state index is 6.23. The van der Waals surface area contributed by atoms with Gasteiger partial charge in [0.05, 0.1) is 0 Å². The largest absolute Gasteiger partial charge is 0.325 e. The van der Waals surface area contributed by atoms with E-state index in [0.29, 0.717) is 0 Å². The smallest absolute Gasteiger partial charge is 0.0166 e. The van der Waals surface area contributed by atoms with Crippen molar-refractivity contribution in [3.63, 3.8) is 0 Å². The highest BCUT2D eigenvalue weighted by atomic mass is 15.1. The number of likely N-dealkylation sites (tertiary alicyclic amines) is 1. The van der Waals surface area contributed by atoms with Gasteiger partial charge in [-0.2, -0.15) is 0 Å². The third-order valence-corrected chi connectivity index (χ3v) is 3.97. The highest BCUT2D eigenvalue weighted by Crippen LogP contribution is 2.32. The van der Waals surface area contributed by atoms with Crippen molar-refractivity contribution in [2.24, 2.45) is 5.73 Å². The van der Waals surface area contributed by atoms with Crippen molar-refractivity contribution in [1.29, 1.82) is 0 Å². The molecule has 0 amide bonds. The van der Waals surface area contributed by atoms with Crippen LogP contribution in [0.1, 0.15) is 51.4 Å². The first kappa shape index (κ1) is 10.4. The molecule has 2 aliphatic rings. The van der Waals surface area contributed by atoms with Crippen molar-refractivity contribution in [1.82, 2.24) is 4.90 Å².